The third-order valence-electron chi connectivity index (χ3n) is 4.03. The highest BCUT2D eigenvalue weighted by atomic mass is 16.5. The standard InChI is InChI=1S/C14H26N2O2/c1-14(7-6-10-18-14)12-15-11-13(17)16-8-4-2-3-5-9-16/h15H,2-12H2,1H3. The van der Waals surface area contributed by atoms with Crippen LogP contribution in [0.4, 0.5) is 0 Å². The van der Waals surface area contributed by atoms with E-state index in [1.165, 1.54) is 12.8 Å². The molecule has 0 aliphatic carbocycles. The van der Waals surface area contributed by atoms with Crippen molar-refractivity contribution in [2.45, 2.75) is 51.0 Å². The predicted octanol–water partition coefficient (Wildman–Crippen LogP) is 1.55. The Hall–Kier alpha value is -0.610. The zero-order valence-electron chi connectivity index (χ0n) is 11.5. The van der Waals surface area contributed by atoms with Crippen LogP contribution in [0.2, 0.25) is 0 Å². The molecular weight excluding hydrogens is 228 g/mol. The van der Waals surface area contributed by atoms with Gasteiger partial charge in [-0.2, -0.15) is 0 Å². The van der Waals surface area contributed by atoms with E-state index in [1.807, 2.05) is 4.90 Å². The van der Waals surface area contributed by atoms with Crippen molar-refractivity contribution in [1.29, 1.82) is 0 Å². The van der Waals surface area contributed by atoms with Gasteiger partial charge in [0.2, 0.25) is 5.91 Å². The summed E-state index contributed by atoms with van der Waals surface area (Å²) in [4.78, 5) is 14.1. The first-order valence-corrected chi connectivity index (χ1v) is 7.32. The number of rotatable bonds is 4. The Balaban J connectivity index is 1.67. The molecule has 1 amide bonds. The Kier molecular flexibility index (Phi) is 5.01. The largest absolute Gasteiger partial charge is 0.374 e. The van der Waals surface area contributed by atoms with E-state index in [2.05, 4.69) is 12.2 Å². The van der Waals surface area contributed by atoms with Crippen molar-refractivity contribution >= 4 is 5.91 Å². The van der Waals surface area contributed by atoms with E-state index in [0.717, 1.165) is 51.9 Å². The molecule has 2 rings (SSSR count). The van der Waals surface area contributed by atoms with E-state index >= 15 is 0 Å². The van der Waals surface area contributed by atoms with Crippen LogP contribution in [0, 0.1) is 0 Å². The summed E-state index contributed by atoms with van der Waals surface area (Å²) in [6.45, 7) is 6.11. The Labute approximate surface area is 110 Å². The molecule has 0 saturated carbocycles. The molecule has 0 aromatic carbocycles. The van der Waals surface area contributed by atoms with Crippen LogP contribution >= 0.6 is 0 Å². The van der Waals surface area contributed by atoms with Gasteiger partial charge < -0.3 is 15.0 Å². The van der Waals surface area contributed by atoms with Crippen LogP contribution in [0.1, 0.15) is 45.4 Å². The molecule has 1 unspecified atom stereocenters. The third-order valence-corrected chi connectivity index (χ3v) is 4.03. The molecule has 104 valence electrons. The highest BCUT2D eigenvalue weighted by molar-refractivity contribution is 5.78. The van der Waals surface area contributed by atoms with Crippen LogP contribution in [0.3, 0.4) is 0 Å². The molecule has 0 bridgehead atoms. The third kappa shape index (κ3) is 3.95. The van der Waals surface area contributed by atoms with Crippen molar-refractivity contribution in [3.63, 3.8) is 0 Å². The molecule has 0 aromatic heterocycles. The van der Waals surface area contributed by atoms with E-state index in [9.17, 15) is 4.79 Å². The molecule has 2 aliphatic rings. The van der Waals surface area contributed by atoms with Gasteiger partial charge >= 0.3 is 0 Å². The number of ether oxygens (including phenoxy) is 1. The van der Waals surface area contributed by atoms with E-state index in [4.69, 9.17) is 4.74 Å². The number of carbonyl (C=O) groups excluding carboxylic acids is 1. The quantitative estimate of drug-likeness (QED) is 0.827. The first-order valence-electron chi connectivity index (χ1n) is 7.32. The topological polar surface area (TPSA) is 41.6 Å². The summed E-state index contributed by atoms with van der Waals surface area (Å²) >= 11 is 0. The van der Waals surface area contributed by atoms with Gasteiger partial charge in [-0.1, -0.05) is 12.8 Å². The second-order valence-electron chi connectivity index (χ2n) is 5.80. The smallest absolute Gasteiger partial charge is 0.236 e. The zero-order valence-corrected chi connectivity index (χ0v) is 11.5. The number of amides is 1. The molecule has 18 heavy (non-hydrogen) atoms. The second kappa shape index (κ2) is 6.53. The maximum Gasteiger partial charge on any atom is 0.236 e. The van der Waals surface area contributed by atoms with Gasteiger partial charge in [-0.25, -0.2) is 0 Å². The van der Waals surface area contributed by atoms with Gasteiger partial charge in [-0.05, 0) is 32.6 Å². The lowest BCUT2D eigenvalue weighted by atomic mass is 10.0. The molecule has 2 heterocycles. The SMILES string of the molecule is CC1(CNCC(=O)N2CCCCCC2)CCCO1. The Morgan fingerprint density at radius 1 is 1.22 bits per heavy atom. The fourth-order valence-corrected chi connectivity index (χ4v) is 2.84. The first kappa shape index (κ1) is 13.8. The lowest BCUT2D eigenvalue weighted by molar-refractivity contribution is -0.130. The van der Waals surface area contributed by atoms with Crippen molar-refractivity contribution in [3.05, 3.63) is 0 Å². The second-order valence-corrected chi connectivity index (χ2v) is 5.80. The van der Waals surface area contributed by atoms with Gasteiger partial charge in [0.25, 0.3) is 0 Å². The zero-order chi connectivity index (χ0) is 12.8. The summed E-state index contributed by atoms with van der Waals surface area (Å²) in [5.41, 5.74) is -0.0565. The minimum atomic E-state index is -0.0565. The molecule has 4 nitrogen and oxygen atoms in total. The molecule has 4 heteroatoms. The van der Waals surface area contributed by atoms with E-state index < -0.39 is 0 Å². The fourth-order valence-electron chi connectivity index (χ4n) is 2.84. The van der Waals surface area contributed by atoms with Crippen molar-refractivity contribution in [2.75, 3.05) is 32.8 Å². The van der Waals surface area contributed by atoms with Gasteiger partial charge in [0.1, 0.15) is 0 Å². The molecular formula is C14H26N2O2. The van der Waals surface area contributed by atoms with Gasteiger partial charge in [0.05, 0.1) is 12.1 Å². The number of nitrogens with zero attached hydrogens (tertiary/aromatic N) is 1. The van der Waals surface area contributed by atoms with Crippen molar-refractivity contribution in [1.82, 2.24) is 10.2 Å². The lowest BCUT2D eigenvalue weighted by Gasteiger charge is -2.25. The van der Waals surface area contributed by atoms with Gasteiger partial charge in [0.15, 0.2) is 0 Å². The summed E-state index contributed by atoms with van der Waals surface area (Å²) in [5, 5.41) is 3.27. The molecule has 2 fully saturated rings. The summed E-state index contributed by atoms with van der Waals surface area (Å²) in [7, 11) is 0. The van der Waals surface area contributed by atoms with Crippen LogP contribution in [0.5, 0.6) is 0 Å². The van der Waals surface area contributed by atoms with Crippen LogP contribution in [0.15, 0.2) is 0 Å². The summed E-state index contributed by atoms with van der Waals surface area (Å²) < 4.78 is 5.70. The lowest BCUT2D eigenvalue weighted by Crippen LogP contribution is -2.43. The normalized spacial score (nSPS) is 29.3. The van der Waals surface area contributed by atoms with Gasteiger partial charge in [-0.15, -0.1) is 0 Å². The molecule has 0 spiro atoms. The Morgan fingerprint density at radius 2 is 1.94 bits per heavy atom. The van der Waals surface area contributed by atoms with E-state index in [0.29, 0.717) is 6.54 Å². The maximum atomic E-state index is 12.1. The highest BCUT2D eigenvalue weighted by Crippen LogP contribution is 2.23. The van der Waals surface area contributed by atoms with Gasteiger partial charge in [0, 0.05) is 26.2 Å². The van der Waals surface area contributed by atoms with Crippen molar-refractivity contribution in [2.24, 2.45) is 0 Å². The number of hydrogen-bond acceptors (Lipinski definition) is 3. The first-order chi connectivity index (χ1) is 8.70. The molecule has 0 aromatic rings. The number of nitrogens with one attached hydrogen (secondary N) is 1. The van der Waals surface area contributed by atoms with Gasteiger partial charge in [-0.3, -0.25) is 4.79 Å². The summed E-state index contributed by atoms with van der Waals surface area (Å²) in [6, 6.07) is 0. The summed E-state index contributed by atoms with van der Waals surface area (Å²) in [5.74, 6) is 0.249. The highest BCUT2D eigenvalue weighted by Gasteiger charge is 2.29. The van der Waals surface area contributed by atoms with Crippen LogP contribution in [-0.4, -0.2) is 49.2 Å². The van der Waals surface area contributed by atoms with Crippen LogP contribution in [0.25, 0.3) is 0 Å². The molecule has 0 radical (unpaired) electrons. The Bertz CT molecular complexity index is 267. The number of likely N-dealkylation sites (tertiary alicyclic amines) is 1. The molecule has 1 N–H and O–H groups in total. The number of hydrogen-bond donors (Lipinski definition) is 1. The molecule has 1 atom stereocenters. The van der Waals surface area contributed by atoms with Crippen molar-refractivity contribution < 1.29 is 9.53 Å². The van der Waals surface area contributed by atoms with Crippen LogP contribution < -0.4 is 5.32 Å². The average Bonchev–Trinajstić information content (AvgIpc) is 2.64. The molecule has 2 aliphatic heterocycles. The van der Waals surface area contributed by atoms with E-state index in [-0.39, 0.29) is 11.5 Å². The summed E-state index contributed by atoms with van der Waals surface area (Å²) in [6.07, 6.45) is 7.08. The van der Waals surface area contributed by atoms with Crippen LogP contribution in [-0.2, 0) is 9.53 Å². The monoisotopic (exact) mass is 254 g/mol. The average molecular weight is 254 g/mol. The van der Waals surface area contributed by atoms with E-state index in [1.54, 1.807) is 0 Å². The number of carbonyl (C=O) groups is 1. The maximum absolute atomic E-state index is 12.1. The van der Waals surface area contributed by atoms with Crippen molar-refractivity contribution in [3.8, 4) is 0 Å². The minimum Gasteiger partial charge on any atom is -0.374 e. The molecule has 2 saturated heterocycles. The fraction of sp³-hybridized carbons (Fsp3) is 0.929. The predicted molar refractivity (Wildman–Crippen MR) is 71.5 cm³/mol. The minimum absolute atomic E-state index is 0.0565. The Morgan fingerprint density at radius 3 is 2.56 bits per heavy atom.